The van der Waals surface area contributed by atoms with Gasteiger partial charge in [-0.15, -0.1) is 0 Å². The number of pyridine rings is 1. The Labute approximate surface area is 162 Å². The Kier molecular flexibility index (Phi) is 5.01. The lowest BCUT2D eigenvalue weighted by Crippen LogP contribution is -2.19. The van der Waals surface area contributed by atoms with E-state index in [-0.39, 0.29) is 11.8 Å². The van der Waals surface area contributed by atoms with Gasteiger partial charge in [-0.3, -0.25) is 9.59 Å². The molecular formula is C22H19N3O3. The predicted molar refractivity (Wildman–Crippen MR) is 106 cm³/mol. The summed E-state index contributed by atoms with van der Waals surface area (Å²) < 4.78 is 5.69. The van der Waals surface area contributed by atoms with E-state index in [0.717, 1.165) is 16.8 Å². The largest absolute Gasteiger partial charge is 0.473 e. The van der Waals surface area contributed by atoms with Crippen molar-refractivity contribution in [1.29, 1.82) is 0 Å². The summed E-state index contributed by atoms with van der Waals surface area (Å²) in [6.07, 6.45) is 2.67. The first-order valence-electron chi connectivity index (χ1n) is 9.04. The van der Waals surface area contributed by atoms with Crippen LogP contribution in [0.1, 0.15) is 27.9 Å². The normalized spacial score (nSPS) is 12.6. The summed E-state index contributed by atoms with van der Waals surface area (Å²) in [6, 6.07) is 18.5. The minimum absolute atomic E-state index is 0.0177. The lowest BCUT2D eigenvalue weighted by molar-refractivity contribution is -0.116. The lowest BCUT2D eigenvalue weighted by atomic mass is 10.0. The van der Waals surface area contributed by atoms with Crippen LogP contribution in [0, 0.1) is 0 Å². The van der Waals surface area contributed by atoms with Gasteiger partial charge in [-0.25, -0.2) is 4.98 Å². The van der Waals surface area contributed by atoms with E-state index in [4.69, 9.17) is 4.74 Å². The van der Waals surface area contributed by atoms with Crippen molar-refractivity contribution in [1.82, 2.24) is 4.98 Å². The van der Waals surface area contributed by atoms with Gasteiger partial charge in [0.15, 0.2) is 0 Å². The second-order valence-corrected chi connectivity index (χ2v) is 6.53. The third-order valence-electron chi connectivity index (χ3n) is 4.49. The molecule has 0 fully saturated rings. The highest BCUT2D eigenvalue weighted by Crippen LogP contribution is 2.26. The fraction of sp³-hybridized carbons (Fsp3) is 0.136. The number of ether oxygens (including phenoxy) is 1. The summed E-state index contributed by atoms with van der Waals surface area (Å²) >= 11 is 0. The molecule has 2 heterocycles. The Morgan fingerprint density at radius 1 is 1.07 bits per heavy atom. The number of hydrogen-bond donors (Lipinski definition) is 2. The molecule has 2 amide bonds. The number of amides is 2. The molecular weight excluding hydrogens is 354 g/mol. The van der Waals surface area contributed by atoms with Crippen LogP contribution in [-0.2, 0) is 17.8 Å². The number of nitrogens with zero attached hydrogens (tertiary/aromatic N) is 1. The molecule has 0 unspecified atom stereocenters. The van der Waals surface area contributed by atoms with Crippen molar-refractivity contribution in [3.8, 4) is 5.88 Å². The third kappa shape index (κ3) is 4.17. The number of benzene rings is 2. The standard InChI is InChI=1S/C22H19N3O3/c26-20-9-6-16-12-18(7-8-19(16)25-20)24-22(27)17-10-11-23-21(13-17)28-14-15-4-2-1-3-5-15/h1-5,7-8,10-13H,6,9,14H2,(H,24,27)(H,25,26). The van der Waals surface area contributed by atoms with Gasteiger partial charge in [0.2, 0.25) is 11.8 Å². The molecule has 0 saturated carbocycles. The first-order valence-corrected chi connectivity index (χ1v) is 9.04. The average molecular weight is 373 g/mol. The minimum atomic E-state index is -0.244. The van der Waals surface area contributed by atoms with Crippen molar-refractivity contribution in [3.05, 3.63) is 83.6 Å². The molecule has 1 aromatic heterocycles. The van der Waals surface area contributed by atoms with Crippen LogP contribution < -0.4 is 15.4 Å². The monoisotopic (exact) mass is 373 g/mol. The van der Waals surface area contributed by atoms with E-state index in [0.29, 0.717) is 36.6 Å². The molecule has 0 atom stereocenters. The maximum atomic E-state index is 12.6. The Hall–Kier alpha value is -3.67. The lowest BCUT2D eigenvalue weighted by Gasteiger charge is -2.17. The van der Waals surface area contributed by atoms with E-state index in [9.17, 15) is 9.59 Å². The number of carbonyl (C=O) groups is 2. The first kappa shape index (κ1) is 17.7. The summed E-state index contributed by atoms with van der Waals surface area (Å²) in [5.74, 6) is 0.167. The van der Waals surface area contributed by atoms with Crippen LogP contribution in [-0.4, -0.2) is 16.8 Å². The van der Waals surface area contributed by atoms with Crippen molar-refractivity contribution in [2.45, 2.75) is 19.4 Å². The van der Waals surface area contributed by atoms with Gasteiger partial charge in [0.25, 0.3) is 5.91 Å². The van der Waals surface area contributed by atoms with Crippen molar-refractivity contribution in [2.75, 3.05) is 10.6 Å². The summed E-state index contributed by atoms with van der Waals surface area (Å²) in [6.45, 7) is 0.384. The van der Waals surface area contributed by atoms with Crippen LogP contribution in [0.2, 0.25) is 0 Å². The molecule has 3 aromatic rings. The van der Waals surface area contributed by atoms with E-state index >= 15 is 0 Å². The van der Waals surface area contributed by atoms with Crippen molar-refractivity contribution in [2.24, 2.45) is 0 Å². The molecule has 6 nitrogen and oxygen atoms in total. The molecule has 6 heteroatoms. The molecule has 1 aliphatic rings. The van der Waals surface area contributed by atoms with Gasteiger partial charge in [-0.1, -0.05) is 30.3 Å². The highest BCUT2D eigenvalue weighted by Gasteiger charge is 2.16. The van der Waals surface area contributed by atoms with Crippen LogP contribution in [0.15, 0.2) is 66.9 Å². The zero-order chi connectivity index (χ0) is 19.3. The van der Waals surface area contributed by atoms with Crippen molar-refractivity contribution in [3.63, 3.8) is 0 Å². The number of nitrogens with one attached hydrogen (secondary N) is 2. The molecule has 0 aliphatic carbocycles. The smallest absolute Gasteiger partial charge is 0.255 e. The number of aromatic nitrogens is 1. The van der Waals surface area contributed by atoms with Crippen LogP contribution in [0.5, 0.6) is 5.88 Å². The summed E-state index contributed by atoms with van der Waals surface area (Å²) in [5.41, 5.74) is 3.99. The predicted octanol–water partition coefficient (Wildman–Crippen LogP) is 3.80. The van der Waals surface area contributed by atoms with Crippen LogP contribution >= 0.6 is 0 Å². The molecule has 0 saturated heterocycles. The minimum Gasteiger partial charge on any atom is -0.473 e. The highest BCUT2D eigenvalue weighted by atomic mass is 16.5. The van der Waals surface area contributed by atoms with E-state index in [1.54, 1.807) is 24.4 Å². The summed E-state index contributed by atoms with van der Waals surface area (Å²) in [5, 5.41) is 5.72. The quantitative estimate of drug-likeness (QED) is 0.713. The van der Waals surface area contributed by atoms with Gasteiger partial charge in [-0.2, -0.15) is 0 Å². The van der Waals surface area contributed by atoms with Gasteiger partial charge in [-0.05, 0) is 41.8 Å². The maximum absolute atomic E-state index is 12.6. The van der Waals surface area contributed by atoms with E-state index in [1.165, 1.54) is 0 Å². The number of aryl methyl sites for hydroxylation is 1. The number of rotatable bonds is 5. The molecule has 0 bridgehead atoms. The van der Waals surface area contributed by atoms with E-state index < -0.39 is 0 Å². The van der Waals surface area contributed by atoms with Crippen molar-refractivity contribution < 1.29 is 14.3 Å². The van der Waals surface area contributed by atoms with Gasteiger partial charge >= 0.3 is 0 Å². The topological polar surface area (TPSA) is 80.3 Å². The summed E-state index contributed by atoms with van der Waals surface area (Å²) in [7, 11) is 0. The zero-order valence-electron chi connectivity index (χ0n) is 15.1. The maximum Gasteiger partial charge on any atom is 0.255 e. The number of hydrogen-bond acceptors (Lipinski definition) is 4. The molecule has 2 aromatic carbocycles. The Morgan fingerprint density at radius 3 is 2.79 bits per heavy atom. The van der Waals surface area contributed by atoms with Gasteiger partial charge < -0.3 is 15.4 Å². The fourth-order valence-corrected chi connectivity index (χ4v) is 3.03. The Morgan fingerprint density at radius 2 is 1.93 bits per heavy atom. The third-order valence-corrected chi connectivity index (χ3v) is 4.49. The number of carbonyl (C=O) groups excluding carboxylic acids is 2. The molecule has 140 valence electrons. The summed E-state index contributed by atoms with van der Waals surface area (Å²) in [4.78, 5) is 28.2. The SMILES string of the molecule is O=C1CCc2cc(NC(=O)c3ccnc(OCc4ccccc4)c3)ccc2N1. The van der Waals surface area contributed by atoms with E-state index in [1.807, 2.05) is 42.5 Å². The van der Waals surface area contributed by atoms with Crippen LogP contribution in [0.3, 0.4) is 0 Å². The second kappa shape index (κ2) is 7.92. The first-order chi connectivity index (χ1) is 13.7. The number of fused-ring (bicyclic) bond motifs is 1. The van der Waals surface area contributed by atoms with Crippen molar-refractivity contribution >= 4 is 23.2 Å². The van der Waals surface area contributed by atoms with Gasteiger partial charge in [0.1, 0.15) is 6.61 Å². The molecule has 4 rings (SSSR count). The van der Waals surface area contributed by atoms with E-state index in [2.05, 4.69) is 15.6 Å². The zero-order valence-corrected chi connectivity index (χ0v) is 15.1. The molecule has 2 N–H and O–H groups in total. The Bertz CT molecular complexity index is 1020. The van der Waals surface area contributed by atoms with Gasteiger partial charge in [0.05, 0.1) is 0 Å². The second-order valence-electron chi connectivity index (χ2n) is 6.53. The molecule has 0 radical (unpaired) electrons. The highest BCUT2D eigenvalue weighted by molar-refractivity contribution is 6.04. The molecule has 1 aliphatic heterocycles. The van der Waals surface area contributed by atoms with Crippen LogP contribution in [0.4, 0.5) is 11.4 Å². The number of anilines is 2. The average Bonchev–Trinajstić information content (AvgIpc) is 2.73. The molecule has 28 heavy (non-hydrogen) atoms. The Balaban J connectivity index is 1.43. The van der Waals surface area contributed by atoms with Crippen LogP contribution in [0.25, 0.3) is 0 Å². The fourth-order valence-electron chi connectivity index (χ4n) is 3.03. The molecule has 0 spiro atoms. The van der Waals surface area contributed by atoms with Gasteiger partial charge in [0, 0.05) is 35.6 Å².